The first kappa shape index (κ1) is 12.5. The Bertz CT molecular complexity index is 266. The van der Waals surface area contributed by atoms with Crippen molar-refractivity contribution in [3.63, 3.8) is 0 Å². The van der Waals surface area contributed by atoms with E-state index in [-0.39, 0.29) is 0 Å². The van der Waals surface area contributed by atoms with Crippen molar-refractivity contribution in [2.45, 2.75) is 13.1 Å². The third-order valence-corrected chi connectivity index (χ3v) is 2.49. The molecule has 5 nitrogen and oxygen atoms in total. The van der Waals surface area contributed by atoms with E-state index in [2.05, 4.69) is 21.9 Å². The summed E-state index contributed by atoms with van der Waals surface area (Å²) in [5.74, 6) is 1.07. The molecule has 0 atom stereocenters. The van der Waals surface area contributed by atoms with E-state index in [0.29, 0.717) is 0 Å². The van der Waals surface area contributed by atoms with E-state index in [1.165, 1.54) is 0 Å². The fourth-order valence-electron chi connectivity index (χ4n) is 1.10. The minimum atomic E-state index is 0.723. The predicted octanol–water partition coefficient (Wildman–Crippen LogP) is 0.377. The van der Waals surface area contributed by atoms with Gasteiger partial charge in [0.15, 0.2) is 0 Å². The number of nitrogens with zero attached hydrogens (tertiary/aromatic N) is 3. The summed E-state index contributed by atoms with van der Waals surface area (Å²) in [6, 6.07) is 0. The number of rotatable bonds is 8. The first-order valence-corrected chi connectivity index (χ1v) is 6.34. The van der Waals surface area contributed by atoms with Crippen molar-refractivity contribution in [1.29, 1.82) is 0 Å². The van der Waals surface area contributed by atoms with Gasteiger partial charge in [0.05, 0.1) is 18.8 Å². The van der Waals surface area contributed by atoms with Gasteiger partial charge in [0.25, 0.3) is 0 Å². The van der Waals surface area contributed by atoms with Gasteiger partial charge in [-0.1, -0.05) is 5.21 Å². The minimum Gasteiger partial charge on any atom is -0.383 e. The van der Waals surface area contributed by atoms with E-state index >= 15 is 0 Å². The lowest BCUT2D eigenvalue weighted by atomic mass is 10.4. The van der Waals surface area contributed by atoms with Crippen LogP contribution in [0.3, 0.4) is 0 Å². The molecule has 0 aliphatic carbocycles. The molecule has 1 heterocycles. The summed E-state index contributed by atoms with van der Waals surface area (Å²) in [6.45, 7) is 3.24. The van der Waals surface area contributed by atoms with Crippen LogP contribution >= 0.6 is 11.8 Å². The molecule has 1 rings (SSSR count). The molecule has 86 valence electrons. The highest BCUT2D eigenvalue weighted by Crippen LogP contribution is 1.96. The van der Waals surface area contributed by atoms with Crippen molar-refractivity contribution >= 4 is 11.8 Å². The Hall–Kier alpha value is -0.590. The van der Waals surface area contributed by atoms with Crippen LogP contribution in [-0.2, 0) is 17.8 Å². The number of aryl methyl sites for hydroxylation is 1. The van der Waals surface area contributed by atoms with Gasteiger partial charge in [-0.05, 0) is 6.26 Å². The molecule has 0 saturated carbocycles. The molecule has 0 radical (unpaired) electrons. The lowest BCUT2D eigenvalue weighted by molar-refractivity contribution is 0.199. The molecule has 0 fully saturated rings. The summed E-state index contributed by atoms with van der Waals surface area (Å²) in [5, 5.41) is 11.3. The highest BCUT2D eigenvalue weighted by atomic mass is 32.2. The van der Waals surface area contributed by atoms with E-state index in [9.17, 15) is 0 Å². The molecule has 0 spiro atoms. The second kappa shape index (κ2) is 7.67. The van der Waals surface area contributed by atoms with Crippen LogP contribution in [0.25, 0.3) is 0 Å². The summed E-state index contributed by atoms with van der Waals surface area (Å²) in [5.41, 5.74) is 0.979. The number of methoxy groups -OCH3 is 1. The molecule has 0 aromatic carbocycles. The van der Waals surface area contributed by atoms with Crippen LogP contribution in [-0.4, -0.2) is 47.3 Å². The number of nitrogens with one attached hydrogen (secondary N) is 1. The molecule has 0 unspecified atom stereocenters. The average Bonchev–Trinajstić information content (AvgIpc) is 2.69. The SMILES string of the molecule is COCCNCc1cn(CCSC)nn1. The van der Waals surface area contributed by atoms with Gasteiger partial charge in [-0.25, -0.2) is 0 Å². The summed E-state index contributed by atoms with van der Waals surface area (Å²) in [6.07, 6.45) is 4.07. The van der Waals surface area contributed by atoms with Gasteiger partial charge >= 0.3 is 0 Å². The maximum Gasteiger partial charge on any atom is 0.0964 e. The van der Waals surface area contributed by atoms with Crippen LogP contribution < -0.4 is 5.32 Å². The van der Waals surface area contributed by atoms with Crippen LogP contribution in [0.2, 0.25) is 0 Å². The van der Waals surface area contributed by atoms with Crippen LogP contribution in [0.4, 0.5) is 0 Å². The van der Waals surface area contributed by atoms with E-state index in [1.54, 1.807) is 7.11 Å². The zero-order valence-corrected chi connectivity index (χ0v) is 10.1. The topological polar surface area (TPSA) is 52.0 Å². The molecular weight excluding hydrogens is 212 g/mol. The molecule has 6 heteroatoms. The third-order valence-electron chi connectivity index (χ3n) is 1.90. The van der Waals surface area contributed by atoms with Crippen LogP contribution in [0, 0.1) is 0 Å². The lowest BCUT2D eigenvalue weighted by Gasteiger charge is -1.99. The second-order valence-corrected chi connectivity index (χ2v) is 4.12. The van der Waals surface area contributed by atoms with Gasteiger partial charge in [-0.2, -0.15) is 11.8 Å². The number of hydrogen-bond acceptors (Lipinski definition) is 5. The summed E-state index contributed by atoms with van der Waals surface area (Å²) < 4.78 is 6.81. The molecule has 0 amide bonds. The predicted molar refractivity (Wildman–Crippen MR) is 62.0 cm³/mol. The van der Waals surface area contributed by atoms with E-state index in [0.717, 1.165) is 37.7 Å². The first-order chi connectivity index (χ1) is 7.36. The minimum absolute atomic E-state index is 0.723. The van der Waals surface area contributed by atoms with Crippen LogP contribution in [0.15, 0.2) is 6.20 Å². The number of ether oxygens (including phenoxy) is 1. The Morgan fingerprint density at radius 3 is 3.20 bits per heavy atom. The molecule has 1 aromatic heterocycles. The van der Waals surface area contributed by atoms with Crippen molar-refractivity contribution in [2.75, 3.05) is 32.3 Å². The Labute approximate surface area is 94.6 Å². The summed E-state index contributed by atoms with van der Waals surface area (Å²) in [7, 11) is 1.69. The maximum absolute atomic E-state index is 4.93. The van der Waals surface area contributed by atoms with Gasteiger partial charge in [0.1, 0.15) is 0 Å². The van der Waals surface area contributed by atoms with Crippen molar-refractivity contribution in [3.8, 4) is 0 Å². The van der Waals surface area contributed by atoms with Gasteiger partial charge in [0.2, 0.25) is 0 Å². The standard InChI is InChI=1S/C9H18N4OS/c1-14-5-3-10-7-9-8-13(12-11-9)4-6-15-2/h8,10H,3-7H2,1-2H3. The number of hydrogen-bond donors (Lipinski definition) is 1. The summed E-state index contributed by atoms with van der Waals surface area (Å²) >= 11 is 1.81. The van der Waals surface area contributed by atoms with Crippen LogP contribution in [0.1, 0.15) is 5.69 Å². The van der Waals surface area contributed by atoms with Gasteiger partial charge in [-0.3, -0.25) is 4.68 Å². The van der Waals surface area contributed by atoms with Crippen molar-refractivity contribution in [2.24, 2.45) is 0 Å². The van der Waals surface area contributed by atoms with Gasteiger partial charge in [-0.15, -0.1) is 5.10 Å². The lowest BCUT2D eigenvalue weighted by Crippen LogP contribution is -2.18. The Kier molecular flexibility index (Phi) is 6.38. The normalized spacial score (nSPS) is 10.8. The molecule has 15 heavy (non-hydrogen) atoms. The molecule has 1 N–H and O–H groups in total. The van der Waals surface area contributed by atoms with Crippen LogP contribution in [0.5, 0.6) is 0 Å². The van der Waals surface area contributed by atoms with Crippen molar-refractivity contribution in [3.05, 3.63) is 11.9 Å². The third kappa shape index (κ3) is 5.15. The fourth-order valence-corrected chi connectivity index (χ4v) is 1.47. The molecule has 0 saturated heterocycles. The maximum atomic E-state index is 4.93. The highest BCUT2D eigenvalue weighted by Gasteiger charge is 1.99. The number of thioether (sulfide) groups is 1. The van der Waals surface area contributed by atoms with E-state index in [1.807, 2.05) is 22.6 Å². The Morgan fingerprint density at radius 2 is 2.47 bits per heavy atom. The van der Waals surface area contributed by atoms with Crippen molar-refractivity contribution < 1.29 is 4.74 Å². The monoisotopic (exact) mass is 230 g/mol. The zero-order valence-electron chi connectivity index (χ0n) is 9.27. The molecule has 1 aromatic rings. The zero-order chi connectivity index (χ0) is 10.9. The molecular formula is C9H18N4OS. The Balaban J connectivity index is 2.20. The average molecular weight is 230 g/mol. The highest BCUT2D eigenvalue weighted by molar-refractivity contribution is 7.98. The Morgan fingerprint density at radius 1 is 1.60 bits per heavy atom. The summed E-state index contributed by atoms with van der Waals surface area (Å²) in [4.78, 5) is 0. The smallest absolute Gasteiger partial charge is 0.0964 e. The first-order valence-electron chi connectivity index (χ1n) is 4.94. The molecule has 0 aliphatic rings. The second-order valence-electron chi connectivity index (χ2n) is 3.14. The largest absolute Gasteiger partial charge is 0.383 e. The molecule has 0 bridgehead atoms. The quantitative estimate of drug-likeness (QED) is 0.654. The molecule has 0 aliphatic heterocycles. The van der Waals surface area contributed by atoms with Gasteiger partial charge < -0.3 is 10.1 Å². The van der Waals surface area contributed by atoms with E-state index < -0.39 is 0 Å². The van der Waals surface area contributed by atoms with E-state index in [4.69, 9.17) is 4.74 Å². The fraction of sp³-hybridized carbons (Fsp3) is 0.778. The number of aromatic nitrogens is 3. The van der Waals surface area contributed by atoms with Gasteiger partial charge in [0, 0.05) is 32.1 Å². The van der Waals surface area contributed by atoms with Crippen molar-refractivity contribution in [1.82, 2.24) is 20.3 Å².